The Morgan fingerprint density at radius 2 is 1.96 bits per heavy atom. The van der Waals surface area contributed by atoms with E-state index in [9.17, 15) is 4.79 Å². The van der Waals surface area contributed by atoms with Gasteiger partial charge in [0.2, 0.25) is 0 Å². The lowest BCUT2D eigenvalue weighted by Gasteiger charge is -2.22. The lowest BCUT2D eigenvalue weighted by Crippen LogP contribution is -2.34. The first-order valence-corrected chi connectivity index (χ1v) is 9.74. The van der Waals surface area contributed by atoms with Gasteiger partial charge in [0, 0.05) is 32.0 Å². The number of hydrogen-bond donors (Lipinski definition) is 0. The highest BCUT2D eigenvalue weighted by Gasteiger charge is 2.21. The molecule has 0 spiro atoms. The van der Waals surface area contributed by atoms with Crippen LogP contribution in [0.3, 0.4) is 0 Å². The maximum Gasteiger partial charge on any atom is 0.257 e. The van der Waals surface area contributed by atoms with E-state index in [1.54, 1.807) is 0 Å². The van der Waals surface area contributed by atoms with Crippen LogP contribution in [0.2, 0.25) is 0 Å². The molecule has 1 amide bonds. The third-order valence-electron chi connectivity index (χ3n) is 5.23. The zero-order valence-corrected chi connectivity index (χ0v) is 16.5. The summed E-state index contributed by atoms with van der Waals surface area (Å²) in [4.78, 5) is 21.9. The van der Waals surface area contributed by atoms with Crippen molar-refractivity contribution in [3.05, 3.63) is 65.6 Å². The second-order valence-corrected chi connectivity index (χ2v) is 7.39. The van der Waals surface area contributed by atoms with E-state index in [0.717, 1.165) is 49.5 Å². The zero-order chi connectivity index (χ0) is 19.5. The van der Waals surface area contributed by atoms with Crippen LogP contribution in [0, 0.1) is 6.92 Å². The summed E-state index contributed by atoms with van der Waals surface area (Å²) in [6, 6.07) is 11.5. The molecule has 6 nitrogen and oxygen atoms in total. The number of hydrogen-bond acceptors (Lipinski definition) is 4. The largest absolute Gasteiger partial charge is 0.486 e. The third kappa shape index (κ3) is 3.87. The van der Waals surface area contributed by atoms with Crippen LogP contribution in [0.4, 0.5) is 0 Å². The highest BCUT2D eigenvalue weighted by molar-refractivity contribution is 5.97. The Balaban J connectivity index is 1.50. The summed E-state index contributed by atoms with van der Waals surface area (Å²) in [7, 11) is 2.10. The second kappa shape index (κ2) is 8.02. The van der Waals surface area contributed by atoms with Gasteiger partial charge in [-0.05, 0) is 50.7 Å². The minimum absolute atomic E-state index is 0.0387. The van der Waals surface area contributed by atoms with Gasteiger partial charge in [-0.2, -0.15) is 0 Å². The molecular formula is C22H26N4O2. The van der Waals surface area contributed by atoms with Gasteiger partial charge in [0.05, 0.1) is 11.3 Å². The summed E-state index contributed by atoms with van der Waals surface area (Å²) < 4.78 is 8.02. The molecule has 1 aliphatic rings. The van der Waals surface area contributed by atoms with Crippen molar-refractivity contribution in [1.82, 2.24) is 19.2 Å². The molecule has 28 heavy (non-hydrogen) atoms. The van der Waals surface area contributed by atoms with Crippen molar-refractivity contribution >= 4 is 11.6 Å². The topological polar surface area (TPSA) is 50.1 Å². The molecule has 1 aromatic carbocycles. The zero-order valence-electron chi connectivity index (χ0n) is 16.5. The van der Waals surface area contributed by atoms with Crippen LogP contribution in [0.1, 0.15) is 28.0 Å². The molecule has 1 aliphatic heterocycles. The molecule has 2 aromatic heterocycles. The number of imidazole rings is 1. The summed E-state index contributed by atoms with van der Waals surface area (Å²) in [5.74, 6) is 0.649. The Bertz CT molecular complexity index is 982. The first-order chi connectivity index (χ1) is 13.6. The number of nitrogens with zero attached hydrogens (tertiary/aromatic N) is 4. The lowest BCUT2D eigenvalue weighted by molar-refractivity contribution is 0.0758. The summed E-state index contributed by atoms with van der Waals surface area (Å²) in [5, 5.41) is 0. The lowest BCUT2D eigenvalue weighted by atomic mass is 10.1. The van der Waals surface area contributed by atoms with Crippen LogP contribution >= 0.6 is 0 Å². The van der Waals surface area contributed by atoms with Crippen LogP contribution in [0.15, 0.2) is 48.8 Å². The van der Waals surface area contributed by atoms with Crippen LogP contribution < -0.4 is 4.74 Å². The number of aryl methyl sites for hydroxylation is 1. The average molecular weight is 378 g/mol. The molecule has 3 heterocycles. The first-order valence-electron chi connectivity index (χ1n) is 9.74. The highest BCUT2D eigenvalue weighted by atomic mass is 16.5. The maximum atomic E-state index is 13.1. The van der Waals surface area contributed by atoms with E-state index in [0.29, 0.717) is 17.9 Å². The Morgan fingerprint density at radius 1 is 1.11 bits per heavy atom. The minimum atomic E-state index is 0.0387. The molecule has 146 valence electrons. The van der Waals surface area contributed by atoms with Crippen molar-refractivity contribution in [2.75, 3.05) is 33.2 Å². The predicted molar refractivity (Wildman–Crippen MR) is 109 cm³/mol. The van der Waals surface area contributed by atoms with Crippen molar-refractivity contribution in [3.8, 4) is 5.75 Å². The van der Waals surface area contributed by atoms with Gasteiger partial charge in [-0.25, -0.2) is 4.98 Å². The molecule has 0 aliphatic carbocycles. The van der Waals surface area contributed by atoms with Gasteiger partial charge in [0.25, 0.3) is 5.91 Å². The molecule has 0 saturated carbocycles. The molecular weight excluding hydrogens is 352 g/mol. The number of ether oxygens (including phenoxy) is 1. The first kappa shape index (κ1) is 18.5. The number of pyridine rings is 1. The van der Waals surface area contributed by atoms with Gasteiger partial charge in [0.15, 0.2) is 0 Å². The average Bonchev–Trinajstić information content (AvgIpc) is 3.01. The van der Waals surface area contributed by atoms with Gasteiger partial charge in [-0.3, -0.25) is 4.79 Å². The van der Waals surface area contributed by atoms with Crippen molar-refractivity contribution in [2.45, 2.75) is 20.0 Å². The smallest absolute Gasteiger partial charge is 0.257 e. The summed E-state index contributed by atoms with van der Waals surface area (Å²) in [6.45, 7) is 5.82. The molecule has 1 fully saturated rings. The predicted octanol–water partition coefficient (Wildman–Crippen LogP) is 3.00. The van der Waals surface area contributed by atoms with Gasteiger partial charge >= 0.3 is 0 Å². The van der Waals surface area contributed by atoms with E-state index < -0.39 is 0 Å². The highest BCUT2D eigenvalue weighted by Crippen LogP contribution is 2.22. The monoisotopic (exact) mass is 378 g/mol. The number of rotatable bonds is 4. The van der Waals surface area contributed by atoms with Crippen LogP contribution in [0.5, 0.6) is 5.75 Å². The Labute approximate surface area is 165 Å². The van der Waals surface area contributed by atoms with Gasteiger partial charge in [0.1, 0.15) is 18.0 Å². The summed E-state index contributed by atoms with van der Waals surface area (Å²) in [5.41, 5.74) is 3.51. The molecule has 0 radical (unpaired) electrons. The fourth-order valence-electron chi connectivity index (χ4n) is 3.61. The summed E-state index contributed by atoms with van der Waals surface area (Å²) in [6.07, 6.45) is 4.94. The van der Waals surface area contributed by atoms with E-state index in [2.05, 4.69) is 16.9 Å². The van der Waals surface area contributed by atoms with Crippen molar-refractivity contribution in [2.24, 2.45) is 0 Å². The Hall–Kier alpha value is -2.86. The van der Waals surface area contributed by atoms with E-state index in [4.69, 9.17) is 4.74 Å². The number of carbonyl (C=O) groups excluding carboxylic acids is 1. The number of amides is 1. The van der Waals surface area contributed by atoms with Crippen molar-refractivity contribution in [3.63, 3.8) is 0 Å². The molecule has 1 saturated heterocycles. The van der Waals surface area contributed by atoms with Crippen LogP contribution in [-0.2, 0) is 6.61 Å². The molecule has 0 bridgehead atoms. The Kier molecular flexibility index (Phi) is 5.30. The fourth-order valence-corrected chi connectivity index (χ4v) is 3.61. The van der Waals surface area contributed by atoms with Gasteiger partial charge in [-0.15, -0.1) is 0 Å². The standard InChI is InChI=1S/C22H26N4O2/c1-17-7-5-11-26-15-18(23-21(17)26)16-28-20-9-4-3-8-19(20)22(27)25-12-6-10-24(2)13-14-25/h3-5,7-9,11,15H,6,10,12-14,16H2,1-2H3. The second-order valence-electron chi connectivity index (χ2n) is 7.39. The molecule has 0 atom stereocenters. The molecule has 0 unspecified atom stereocenters. The van der Waals surface area contributed by atoms with E-state index >= 15 is 0 Å². The normalized spacial score (nSPS) is 15.6. The van der Waals surface area contributed by atoms with Crippen molar-refractivity contribution < 1.29 is 9.53 Å². The quantitative estimate of drug-likeness (QED) is 0.700. The third-order valence-corrected chi connectivity index (χ3v) is 5.23. The van der Waals surface area contributed by atoms with Crippen molar-refractivity contribution in [1.29, 1.82) is 0 Å². The molecule has 0 N–H and O–H groups in total. The van der Waals surface area contributed by atoms with Gasteiger partial charge in [-0.1, -0.05) is 18.2 Å². The number of carbonyl (C=O) groups is 1. The molecule has 4 rings (SSSR count). The van der Waals surface area contributed by atoms with E-state index in [1.165, 1.54) is 0 Å². The van der Waals surface area contributed by atoms with Crippen LogP contribution in [0.25, 0.3) is 5.65 Å². The molecule has 3 aromatic rings. The SMILES string of the molecule is Cc1cccn2cc(COc3ccccc3C(=O)N3CCCN(C)CC3)nc12. The Morgan fingerprint density at radius 3 is 2.82 bits per heavy atom. The maximum absolute atomic E-state index is 13.1. The van der Waals surface area contributed by atoms with Gasteiger partial charge < -0.3 is 18.9 Å². The van der Waals surface area contributed by atoms with E-state index in [-0.39, 0.29) is 5.91 Å². The number of benzene rings is 1. The fraction of sp³-hybridized carbons (Fsp3) is 0.364. The number of aromatic nitrogens is 2. The minimum Gasteiger partial charge on any atom is -0.486 e. The number of fused-ring (bicyclic) bond motifs is 1. The summed E-state index contributed by atoms with van der Waals surface area (Å²) >= 11 is 0. The van der Waals surface area contributed by atoms with E-state index in [1.807, 2.05) is 65.0 Å². The molecule has 6 heteroatoms. The number of para-hydroxylation sites is 1. The van der Waals surface area contributed by atoms with Crippen LogP contribution in [-0.4, -0.2) is 58.3 Å². The number of likely N-dealkylation sites (N-methyl/N-ethyl adjacent to an activating group) is 1.